The van der Waals surface area contributed by atoms with Gasteiger partial charge in [0.1, 0.15) is 18.1 Å². The summed E-state index contributed by atoms with van der Waals surface area (Å²) in [6.07, 6.45) is 0.731. The molecule has 0 radical (unpaired) electrons. The third-order valence-corrected chi connectivity index (χ3v) is 6.55. The topological polar surface area (TPSA) is 70.1 Å². The lowest BCUT2D eigenvalue weighted by molar-refractivity contribution is -0.139. The van der Waals surface area contributed by atoms with Crippen molar-refractivity contribution < 1.29 is 19.4 Å². The molecule has 0 bridgehead atoms. The van der Waals surface area contributed by atoms with Gasteiger partial charge in [0.2, 0.25) is 0 Å². The summed E-state index contributed by atoms with van der Waals surface area (Å²) in [6, 6.07) is 6.76. The molecule has 1 unspecified atom stereocenters. The van der Waals surface area contributed by atoms with Crippen molar-refractivity contribution in [2.45, 2.75) is 26.3 Å². The van der Waals surface area contributed by atoms with E-state index >= 15 is 0 Å². The van der Waals surface area contributed by atoms with Gasteiger partial charge < -0.3 is 19.6 Å². The quantitative estimate of drug-likeness (QED) is 0.471. The van der Waals surface area contributed by atoms with E-state index in [1.165, 1.54) is 11.3 Å². The van der Waals surface area contributed by atoms with Crippen molar-refractivity contribution in [3.63, 3.8) is 0 Å². The highest BCUT2D eigenvalue weighted by Gasteiger charge is 2.46. The molecule has 1 saturated heterocycles. The van der Waals surface area contributed by atoms with E-state index in [-0.39, 0.29) is 11.3 Å². The fourth-order valence-electron chi connectivity index (χ4n) is 3.94. The number of thiophene rings is 1. The molecule has 0 spiro atoms. The number of aryl methyl sites for hydroxylation is 1. The molecule has 1 aromatic carbocycles. The number of hydrogen-bond donors (Lipinski definition) is 1. The highest BCUT2D eigenvalue weighted by Crippen LogP contribution is 2.43. The highest BCUT2D eigenvalue weighted by atomic mass is 32.1. The molecule has 29 heavy (non-hydrogen) atoms. The Labute approximate surface area is 174 Å². The van der Waals surface area contributed by atoms with Crippen molar-refractivity contribution in [2.75, 3.05) is 31.6 Å². The van der Waals surface area contributed by atoms with Crippen LogP contribution in [0.25, 0.3) is 5.76 Å². The van der Waals surface area contributed by atoms with Crippen LogP contribution in [0.5, 0.6) is 5.75 Å². The zero-order chi connectivity index (χ0) is 20.7. The molecule has 3 heterocycles. The van der Waals surface area contributed by atoms with E-state index in [4.69, 9.17) is 4.74 Å². The Morgan fingerprint density at radius 2 is 2.10 bits per heavy atom. The number of hydrogen-bond acceptors (Lipinski definition) is 6. The van der Waals surface area contributed by atoms with Crippen molar-refractivity contribution in [2.24, 2.45) is 0 Å². The molecule has 152 valence electrons. The first-order valence-corrected chi connectivity index (χ1v) is 10.6. The highest BCUT2D eigenvalue weighted by molar-refractivity contribution is 7.10. The Balaban J connectivity index is 1.87. The van der Waals surface area contributed by atoms with Gasteiger partial charge in [0.25, 0.3) is 11.7 Å². The summed E-state index contributed by atoms with van der Waals surface area (Å²) < 4.78 is 5.67. The maximum Gasteiger partial charge on any atom is 0.295 e. The second-order valence-corrected chi connectivity index (χ2v) is 8.36. The van der Waals surface area contributed by atoms with E-state index in [1.807, 2.05) is 43.3 Å². The summed E-state index contributed by atoms with van der Waals surface area (Å²) in [5, 5.41) is 13.1. The second-order valence-electron chi connectivity index (χ2n) is 7.41. The van der Waals surface area contributed by atoms with Gasteiger partial charge in [-0.3, -0.25) is 9.59 Å². The minimum absolute atomic E-state index is 0.137. The minimum Gasteiger partial charge on any atom is -0.507 e. The van der Waals surface area contributed by atoms with Gasteiger partial charge in [-0.05, 0) is 48.6 Å². The number of carbonyl (C=O) groups is 2. The Bertz CT molecular complexity index is 1010. The normalized spacial score (nSPS) is 20.7. The third kappa shape index (κ3) is 3.19. The van der Waals surface area contributed by atoms with Crippen LogP contribution in [0.1, 0.15) is 35.4 Å². The summed E-state index contributed by atoms with van der Waals surface area (Å²) in [5.74, 6) is -0.574. The largest absolute Gasteiger partial charge is 0.507 e. The monoisotopic (exact) mass is 412 g/mol. The number of nitrogens with zero attached hydrogens (tertiary/aromatic N) is 2. The lowest BCUT2D eigenvalue weighted by Crippen LogP contribution is -2.30. The predicted molar refractivity (Wildman–Crippen MR) is 114 cm³/mol. The first-order chi connectivity index (χ1) is 13.9. The lowest BCUT2D eigenvalue weighted by Gasteiger charge is -2.28. The Morgan fingerprint density at radius 1 is 1.31 bits per heavy atom. The first kappa shape index (κ1) is 19.5. The summed E-state index contributed by atoms with van der Waals surface area (Å²) in [5.41, 5.74) is 2.53. The van der Waals surface area contributed by atoms with Crippen molar-refractivity contribution in [1.82, 2.24) is 4.90 Å². The van der Waals surface area contributed by atoms with Gasteiger partial charge in [0, 0.05) is 24.0 Å². The second kappa shape index (κ2) is 7.55. The number of amides is 1. The lowest BCUT2D eigenvalue weighted by atomic mass is 9.98. The number of aliphatic hydroxyl groups is 1. The number of likely N-dealkylation sites (N-methyl/N-ethyl adjacent to an activating group) is 1. The van der Waals surface area contributed by atoms with Crippen LogP contribution in [0.3, 0.4) is 0 Å². The fraction of sp³-hybridized carbons (Fsp3) is 0.364. The number of aliphatic hydroxyl groups excluding tert-OH is 1. The van der Waals surface area contributed by atoms with Crippen LogP contribution in [0.15, 0.2) is 35.2 Å². The summed E-state index contributed by atoms with van der Waals surface area (Å²) in [6.45, 7) is 5.74. The molecule has 0 aliphatic carbocycles. The zero-order valence-corrected chi connectivity index (χ0v) is 17.6. The molecule has 6 nitrogen and oxygen atoms in total. The predicted octanol–water partition coefficient (Wildman–Crippen LogP) is 3.72. The maximum absolute atomic E-state index is 12.9. The van der Waals surface area contributed by atoms with Crippen LogP contribution in [0, 0.1) is 6.92 Å². The molecular weight excluding hydrogens is 388 g/mol. The molecule has 1 aromatic heterocycles. The molecule has 0 saturated carbocycles. The van der Waals surface area contributed by atoms with Gasteiger partial charge in [-0.25, -0.2) is 0 Å². The average molecular weight is 413 g/mol. The van der Waals surface area contributed by atoms with Gasteiger partial charge in [-0.1, -0.05) is 6.92 Å². The number of Topliss-reactive ketones (excluding diaryl/α,β-unsaturated/α-hetero) is 1. The van der Waals surface area contributed by atoms with Crippen molar-refractivity contribution in [3.8, 4) is 5.75 Å². The molecule has 2 aliphatic heterocycles. The Kier molecular flexibility index (Phi) is 5.08. The van der Waals surface area contributed by atoms with Gasteiger partial charge in [-0.2, -0.15) is 0 Å². The van der Waals surface area contributed by atoms with E-state index in [1.54, 1.807) is 17.0 Å². The SMILES string of the molecule is CCCN1C(=O)C(=O)/C(=C(\O)c2ccc3c(c2)N(C)CCO3)C1c1sccc1C. The number of ether oxygens (including phenoxy) is 1. The Hall–Kier alpha value is -2.80. The maximum atomic E-state index is 12.9. The zero-order valence-electron chi connectivity index (χ0n) is 16.8. The van der Waals surface area contributed by atoms with Crippen LogP contribution in [0.4, 0.5) is 5.69 Å². The Morgan fingerprint density at radius 3 is 2.79 bits per heavy atom. The van der Waals surface area contributed by atoms with E-state index in [2.05, 4.69) is 0 Å². The van der Waals surface area contributed by atoms with Crippen LogP contribution in [-0.4, -0.2) is 48.4 Å². The molecular formula is C22H24N2O4S. The number of benzene rings is 1. The van der Waals surface area contributed by atoms with Gasteiger partial charge in [0.05, 0.1) is 23.8 Å². The number of carbonyl (C=O) groups excluding carboxylic acids is 2. The van der Waals surface area contributed by atoms with E-state index < -0.39 is 17.7 Å². The summed E-state index contributed by atoms with van der Waals surface area (Å²) >= 11 is 1.50. The molecule has 1 N–H and O–H groups in total. The molecule has 1 atom stereocenters. The summed E-state index contributed by atoms with van der Waals surface area (Å²) in [7, 11) is 1.96. The molecule has 2 aliphatic rings. The van der Waals surface area contributed by atoms with Crippen LogP contribution >= 0.6 is 11.3 Å². The van der Waals surface area contributed by atoms with E-state index in [9.17, 15) is 14.7 Å². The van der Waals surface area contributed by atoms with Gasteiger partial charge in [0.15, 0.2) is 0 Å². The third-order valence-electron chi connectivity index (χ3n) is 5.48. The van der Waals surface area contributed by atoms with E-state index in [0.717, 1.165) is 34.8 Å². The number of anilines is 1. The molecule has 1 fully saturated rings. The number of likely N-dealkylation sites (tertiary alicyclic amines) is 1. The number of ketones is 1. The minimum atomic E-state index is -0.629. The standard InChI is InChI=1S/C22H24N2O4S/c1-4-8-24-18(21-13(2)7-11-29-21)17(20(26)22(24)27)19(25)14-5-6-16-15(12-14)23(3)9-10-28-16/h5-7,11-12,18,25H,4,8-10H2,1-3H3/b19-17-. The van der Waals surface area contributed by atoms with Gasteiger partial charge >= 0.3 is 0 Å². The first-order valence-electron chi connectivity index (χ1n) is 9.74. The van der Waals surface area contributed by atoms with Crippen molar-refractivity contribution >= 4 is 34.5 Å². The van der Waals surface area contributed by atoms with Crippen LogP contribution in [0.2, 0.25) is 0 Å². The molecule has 2 aromatic rings. The molecule has 7 heteroatoms. The van der Waals surface area contributed by atoms with Gasteiger partial charge in [-0.15, -0.1) is 11.3 Å². The number of rotatable bonds is 4. The summed E-state index contributed by atoms with van der Waals surface area (Å²) in [4.78, 5) is 30.2. The number of fused-ring (bicyclic) bond motifs is 1. The van der Waals surface area contributed by atoms with Crippen molar-refractivity contribution in [3.05, 3.63) is 51.2 Å². The molecule has 1 amide bonds. The van der Waals surface area contributed by atoms with E-state index in [0.29, 0.717) is 18.7 Å². The van der Waals surface area contributed by atoms with Crippen LogP contribution in [-0.2, 0) is 9.59 Å². The van der Waals surface area contributed by atoms with Crippen molar-refractivity contribution in [1.29, 1.82) is 0 Å². The average Bonchev–Trinajstić information content (AvgIpc) is 3.24. The fourth-order valence-corrected chi connectivity index (χ4v) is 4.99. The van der Waals surface area contributed by atoms with Crippen LogP contribution < -0.4 is 9.64 Å². The smallest absolute Gasteiger partial charge is 0.295 e. The molecule has 4 rings (SSSR count).